The summed E-state index contributed by atoms with van der Waals surface area (Å²) in [6, 6.07) is 27.3. The molecule has 0 saturated carbocycles. The van der Waals surface area contributed by atoms with Crippen LogP contribution in [0.15, 0.2) is 89.4 Å². The molecule has 1 spiro atoms. The molecule has 0 unspecified atom stereocenters. The van der Waals surface area contributed by atoms with Gasteiger partial charge >= 0.3 is 6.03 Å². The van der Waals surface area contributed by atoms with Gasteiger partial charge in [0.25, 0.3) is 5.91 Å². The molecule has 2 heterocycles. The van der Waals surface area contributed by atoms with Gasteiger partial charge in [-0.25, -0.2) is 4.79 Å². The third kappa shape index (κ3) is 5.60. The molecule has 2 aliphatic heterocycles. The maximum absolute atomic E-state index is 13.9. The number of nitrogens with two attached hydrogens (primary N) is 1. The molecule has 194 valence electrons. The Morgan fingerprint density at radius 1 is 0.865 bits per heavy atom. The maximum atomic E-state index is 13.9. The zero-order chi connectivity index (χ0) is 25.1. The van der Waals surface area contributed by atoms with Crippen molar-refractivity contribution in [1.29, 1.82) is 0 Å². The first-order chi connectivity index (χ1) is 17.5. The Labute approximate surface area is 233 Å². The normalized spacial score (nSPS) is 18.2. The smallest absolute Gasteiger partial charge is 0.324 e. The number of nitrogens with zero attached hydrogens (tertiary/aromatic N) is 3. The number of rotatable bonds is 7. The first kappa shape index (κ1) is 27.3. The predicted octanol–water partition coefficient (Wildman–Crippen LogP) is 5.76. The second-order valence-electron chi connectivity index (χ2n) is 9.65. The van der Waals surface area contributed by atoms with Gasteiger partial charge in [-0.15, -0.1) is 12.4 Å². The van der Waals surface area contributed by atoms with Crippen molar-refractivity contribution >= 4 is 46.0 Å². The van der Waals surface area contributed by atoms with Gasteiger partial charge in [-0.05, 0) is 61.2 Å². The Hall–Kier alpha value is -2.71. The van der Waals surface area contributed by atoms with Crippen molar-refractivity contribution in [2.24, 2.45) is 5.73 Å². The fourth-order valence-electron chi connectivity index (χ4n) is 5.36. The van der Waals surface area contributed by atoms with E-state index in [1.54, 1.807) is 4.90 Å². The van der Waals surface area contributed by atoms with E-state index in [-0.39, 0.29) is 36.9 Å². The van der Waals surface area contributed by atoms with E-state index >= 15 is 0 Å². The van der Waals surface area contributed by atoms with Gasteiger partial charge in [0, 0.05) is 29.3 Å². The van der Waals surface area contributed by atoms with Crippen molar-refractivity contribution in [3.63, 3.8) is 0 Å². The molecule has 0 aromatic heterocycles. The van der Waals surface area contributed by atoms with Crippen LogP contribution in [-0.4, -0.2) is 46.9 Å². The summed E-state index contributed by atoms with van der Waals surface area (Å²) >= 11 is 3.45. The Morgan fingerprint density at radius 2 is 1.46 bits per heavy atom. The monoisotopic (exact) mass is 582 g/mol. The molecule has 3 amide bonds. The second kappa shape index (κ2) is 11.8. The lowest BCUT2D eigenvalue weighted by atomic mass is 9.85. The largest absolute Gasteiger partial charge is 0.332 e. The van der Waals surface area contributed by atoms with Crippen LogP contribution >= 0.6 is 28.3 Å². The lowest BCUT2D eigenvalue weighted by Gasteiger charge is -2.42. The number of piperidine rings is 1. The Morgan fingerprint density at radius 3 is 2.08 bits per heavy atom. The van der Waals surface area contributed by atoms with E-state index in [2.05, 4.69) is 33.0 Å². The molecule has 3 aromatic carbocycles. The Bertz CT molecular complexity index is 1200. The molecule has 0 aliphatic carbocycles. The highest BCUT2D eigenvalue weighted by atomic mass is 79.9. The van der Waals surface area contributed by atoms with E-state index in [9.17, 15) is 9.59 Å². The summed E-state index contributed by atoms with van der Waals surface area (Å²) in [6.07, 6.45) is 2.05. The van der Waals surface area contributed by atoms with E-state index in [0.717, 1.165) is 47.3 Å². The SMILES string of the molecule is Cl.N[C@@H](CCN1CCC2(CC1)C(=O)N(Cc1ccc(Br)cc1)C(=O)N2c1ccccc1)c1ccccc1. The first-order valence-electron chi connectivity index (χ1n) is 12.5. The van der Waals surface area contributed by atoms with Gasteiger partial charge in [0.15, 0.2) is 0 Å². The van der Waals surface area contributed by atoms with Gasteiger partial charge < -0.3 is 10.6 Å². The number of halogens is 2. The molecular weight excluding hydrogens is 552 g/mol. The Balaban J connectivity index is 0.00000320. The van der Waals surface area contributed by atoms with Crippen molar-refractivity contribution in [2.45, 2.75) is 37.4 Å². The number of imide groups is 1. The summed E-state index contributed by atoms with van der Waals surface area (Å²) in [5.41, 5.74) is 8.41. The third-order valence-electron chi connectivity index (χ3n) is 7.43. The lowest BCUT2D eigenvalue weighted by Crippen LogP contribution is -2.57. The first-order valence-corrected chi connectivity index (χ1v) is 13.3. The summed E-state index contributed by atoms with van der Waals surface area (Å²) in [7, 11) is 0. The number of carbonyl (C=O) groups excluding carboxylic acids is 2. The molecule has 2 fully saturated rings. The lowest BCUT2D eigenvalue weighted by molar-refractivity contribution is -0.132. The number of urea groups is 1. The van der Waals surface area contributed by atoms with Crippen LogP contribution in [0.1, 0.15) is 36.4 Å². The highest BCUT2D eigenvalue weighted by molar-refractivity contribution is 9.10. The molecule has 2 N–H and O–H groups in total. The van der Waals surface area contributed by atoms with Crippen molar-refractivity contribution in [3.8, 4) is 0 Å². The topological polar surface area (TPSA) is 69.9 Å². The maximum Gasteiger partial charge on any atom is 0.332 e. The van der Waals surface area contributed by atoms with Crippen molar-refractivity contribution in [3.05, 3.63) is 101 Å². The van der Waals surface area contributed by atoms with Crippen molar-refractivity contribution in [1.82, 2.24) is 9.80 Å². The fraction of sp³-hybridized carbons (Fsp3) is 0.310. The number of likely N-dealkylation sites (tertiary alicyclic amines) is 1. The van der Waals surface area contributed by atoms with E-state index < -0.39 is 5.54 Å². The number of hydrogen-bond donors (Lipinski definition) is 1. The van der Waals surface area contributed by atoms with Gasteiger partial charge in [-0.2, -0.15) is 0 Å². The van der Waals surface area contributed by atoms with Gasteiger partial charge in [-0.3, -0.25) is 14.6 Å². The summed E-state index contributed by atoms with van der Waals surface area (Å²) in [6.45, 7) is 2.62. The van der Waals surface area contributed by atoms with Crippen LogP contribution in [0.2, 0.25) is 0 Å². The summed E-state index contributed by atoms with van der Waals surface area (Å²) in [5, 5.41) is 0. The van der Waals surface area contributed by atoms with E-state index in [4.69, 9.17) is 5.73 Å². The minimum Gasteiger partial charge on any atom is -0.324 e. The molecule has 0 radical (unpaired) electrons. The van der Waals surface area contributed by atoms with Crippen molar-refractivity contribution in [2.75, 3.05) is 24.5 Å². The quantitative estimate of drug-likeness (QED) is 0.359. The number of benzene rings is 3. The minimum absolute atomic E-state index is 0. The number of anilines is 1. The van der Waals surface area contributed by atoms with Crippen LogP contribution in [-0.2, 0) is 11.3 Å². The average Bonchev–Trinajstić information content (AvgIpc) is 3.11. The molecule has 2 saturated heterocycles. The molecule has 5 rings (SSSR count). The number of hydrogen-bond acceptors (Lipinski definition) is 4. The van der Waals surface area contributed by atoms with Crippen LogP contribution in [0.4, 0.5) is 10.5 Å². The van der Waals surface area contributed by atoms with Gasteiger partial charge in [-0.1, -0.05) is 76.6 Å². The zero-order valence-corrected chi connectivity index (χ0v) is 23.0. The van der Waals surface area contributed by atoms with Crippen LogP contribution in [0.3, 0.4) is 0 Å². The predicted molar refractivity (Wildman–Crippen MR) is 153 cm³/mol. The molecule has 2 aliphatic rings. The molecule has 0 bridgehead atoms. The minimum atomic E-state index is -0.855. The summed E-state index contributed by atoms with van der Waals surface area (Å²) < 4.78 is 0.965. The molecule has 3 aromatic rings. The molecule has 8 heteroatoms. The summed E-state index contributed by atoms with van der Waals surface area (Å²) in [4.78, 5) is 33.2. The second-order valence-corrected chi connectivity index (χ2v) is 10.6. The highest BCUT2D eigenvalue weighted by Gasteiger charge is 2.58. The van der Waals surface area contributed by atoms with Crippen LogP contribution in [0.25, 0.3) is 0 Å². The van der Waals surface area contributed by atoms with Gasteiger partial charge in [0.05, 0.1) is 6.54 Å². The third-order valence-corrected chi connectivity index (χ3v) is 7.96. The van der Waals surface area contributed by atoms with E-state index in [1.807, 2.05) is 72.8 Å². The van der Waals surface area contributed by atoms with Gasteiger partial charge in [0.2, 0.25) is 0 Å². The molecule has 37 heavy (non-hydrogen) atoms. The van der Waals surface area contributed by atoms with Crippen molar-refractivity contribution < 1.29 is 9.59 Å². The molecular formula is C29H32BrClN4O2. The molecule has 1 atom stereocenters. The average molecular weight is 584 g/mol. The zero-order valence-electron chi connectivity index (χ0n) is 20.6. The van der Waals surface area contributed by atoms with Crippen LogP contribution in [0.5, 0.6) is 0 Å². The summed E-state index contributed by atoms with van der Waals surface area (Å²) in [5.74, 6) is -0.0973. The van der Waals surface area contributed by atoms with Gasteiger partial charge in [0.1, 0.15) is 5.54 Å². The van der Waals surface area contributed by atoms with E-state index in [1.165, 1.54) is 4.90 Å². The number of para-hydroxylation sites is 1. The fourth-order valence-corrected chi connectivity index (χ4v) is 5.62. The Kier molecular flexibility index (Phi) is 8.70. The van der Waals surface area contributed by atoms with Crippen LogP contribution < -0.4 is 10.6 Å². The standard InChI is InChI=1S/C29H31BrN4O2.ClH/c30-24-13-11-22(12-14-24)21-33-27(35)29(34(28(33)36)25-9-5-2-6-10-25)16-19-32(20-17-29)18-15-26(31)23-7-3-1-4-8-23;/h1-14,26H,15-21,31H2;1H/t26-;/m0./s1. The highest BCUT2D eigenvalue weighted by Crippen LogP contribution is 2.41. The number of carbonyl (C=O) groups is 2. The van der Waals surface area contributed by atoms with E-state index in [0.29, 0.717) is 12.8 Å². The van der Waals surface area contributed by atoms with Crippen LogP contribution in [0, 0.1) is 0 Å². The number of amides is 3. The molecule has 6 nitrogen and oxygen atoms in total.